The summed E-state index contributed by atoms with van der Waals surface area (Å²) in [4.78, 5) is 28.0. The number of benzene rings is 3. The van der Waals surface area contributed by atoms with Crippen molar-refractivity contribution in [3.8, 4) is 11.5 Å². The van der Waals surface area contributed by atoms with Crippen LogP contribution in [0.3, 0.4) is 0 Å². The third-order valence-electron chi connectivity index (χ3n) is 5.15. The number of methoxy groups -OCH3 is 2. The number of hydrogen-bond acceptors (Lipinski definition) is 5. The molecule has 0 spiro atoms. The Labute approximate surface area is 191 Å². The van der Waals surface area contributed by atoms with E-state index in [2.05, 4.69) is 5.32 Å². The molecular formula is C25H21ClN2O4. The molecule has 1 aliphatic heterocycles. The topological polar surface area (TPSA) is 67.9 Å². The molecule has 0 saturated heterocycles. The number of amides is 2. The zero-order valence-corrected chi connectivity index (χ0v) is 18.3. The van der Waals surface area contributed by atoms with Crippen LogP contribution in [-0.2, 0) is 16.1 Å². The fourth-order valence-corrected chi connectivity index (χ4v) is 3.65. The molecule has 0 unspecified atom stereocenters. The number of nitrogens with one attached hydrogen (secondary N) is 1. The van der Waals surface area contributed by atoms with Crippen LogP contribution < -0.4 is 14.8 Å². The van der Waals surface area contributed by atoms with Gasteiger partial charge in [0.25, 0.3) is 11.8 Å². The van der Waals surface area contributed by atoms with Gasteiger partial charge in [0, 0.05) is 11.1 Å². The van der Waals surface area contributed by atoms with Gasteiger partial charge in [-0.3, -0.25) is 14.5 Å². The molecule has 2 amide bonds. The van der Waals surface area contributed by atoms with Gasteiger partial charge < -0.3 is 14.8 Å². The van der Waals surface area contributed by atoms with Gasteiger partial charge in [-0.05, 0) is 35.4 Å². The summed E-state index contributed by atoms with van der Waals surface area (Å²) in [5.74, 6) is 0.307. The average molecular weight is 449 g/mol. The number of hydrogen-bond donors (Lipinski definition) is 1. The highest BCUT2D eigenvalue weighted by Crippen LogP contribution is 2.35. The van der Waals surface area contributed by atoms with Crippen molar-refractivity contribution in [1.29, 1.82) is 0 Å². The van der Waals surface area contributed by atoms with Gasteiger partial charge in [0.15, 0.2) is 0 Å². The first kappa shape index (κ1) is 21.5. The van der Waals surface area contributed by atoms with Gasteiger partial charge in [0.2, 0.25) is 0 Å². The molecule has 1 N–H and O–H groups in total. The third kappa shape index (κ3) is 4.18. The predicted octanol–water partition coefficient (Wildman–Crippen LogP) is 4.75. The van der Waals surface area contributed by atoms with Crippen molar-refractivity contribution in [2.75, 3.05) is 19.5 Å². The Balaban J connectivity index is 1.76. The lowest BCUT2D eigenvalue weighted by atomic mass is 10.0. The first-order valence-electron chi connectivity index (χ1n) is 9.91. The van der Waals surface area contributed by atoms with Gasteiger partial charge >= 0.3 is 0 Å². The van der Waals surface area contributed by atoms with Crippen molar-refractivity contribution in [2.45, 2.75) is 6.54 Å². The molecule has 162 valence electrons. The third-order valence-corrected chi connectivity index (χ3v) is 5.40. The normalized spacial score (nSPS) is 13.5. The maximum Gasteiger partial charge on any atom is 0.278 e. The number of ether oxygens (including phenoxy) is 2. The minimum Gasteiger partial charge on any atom is -0.497 e. The van der Waals surface area contributed by atoms with Crippen LogP contribution in [0.15, 0.2) is 78.5 Å². The van der Waals surface area contributed by atoms with E-state index in [9.17, 15) is 9.59 Å². The summed E-state index contributed by atoms with van der Waals surface area (Å²) in [5.41, 5.74) is 2.44. The van der Waals surface area contributed by atoms with Crippen molar-refractivity contribution in [3.05, 3.63) is 94.6 Å². The van der Waals surface area contributed by atoms with Crippen LogP contribution in [0.4, 0.5) is 5.69 Å². The van der Waals surface area contributed by atoms with Crippen LogP contribution in [0.2, 0.25) is 5.02 Å². The highest BCUT2D eigenvalue weighted by molar-refractivity contribution is 6.36. The smallest absolute Gasteiger partial charge is 0.278 e. The summed E-state index contributed by atoms with van der Waals surface area (Å²) in [6, 6.07) is 21.4. The first-order valence-corrected chi connectivity index (χ1v) is 10.3. The van der Waals surface area contributed by atoms with Crippen LogP contribution in [0.25, 0.3) is 5.57 Å². The van der Waals surface area contributed by atoms with Gasteiger partial charge in [-0.25, -0.2) is 0 Å². The molecule has 0 fully saturated rings. The maximum atomic E-state index is 13.4. The molecule has 3 aromatic rings. The fraction of sp³-hybridized carbons (Fsp3) is 0.120. The summed E-state index contributed by atoms with van der Waals surface area (Å²) in [6.45, 7) is 0.131. The van der Waals surface area contributed by atoms with E-state index in [1.807, 2.05) is 18.2 Å². The minimum atomic E-state index is -0.423. The van der Waals surface area contributed by atoms with Gasteiger partial charge in [-0.2, -0.15) is 0 Å². The van der Waals surface area contributed by atoms with Crippen molar-refractivity contribution >= 4 is 34.7 Å². The Morgan fingerprint density at radius 3 is 2.25 bits per heavy atom. The van der Waals surface area contributed by atoms with E-state index in [-0.39, 0.29) is 18.1 Å². The Hall–Kier alpha value is -3.77. The molecule has 0 atom stereocenters. The summed E-state index contributed by atoms with van der Waals surface area (Å²) in [6.07, 6.45) is 0. The lowest BCUT2D eigenvalue weighted by Gasteiger charge is -2.16. The SMILES string of the molecule is COc1ccc(OC)c(NC2=C(c3ccccc3)C(=O)N(Cc3ccc(Cl)cc3)C2=O)c1. The van der Waals surface area contributed by atoms with E-state index in [0.717, 1.165) is 5.56 Å². The quantitative estimate of drug-likeness (QED) is 0.528. The summed E-state index contributed by atoms with van der Waals surface area (Å²) in [5, 5.41) is 3.72. The second-order valence-corrected chi connectivity index (χ2v) is 7.57. The van der Waals surface area contributed by atoms with E-state index in [0.29, 0.717) is 33.3 Å². The zero-order chi connectivity index (χ0) is 22.7. The molecule has 1 heterocycles. The van der Waals surface area contributed by atoms with E-state index in [1.165, 1.54) is 12.0 Å². The number of nitrogens with zero attached hydrogens (tertiary/aromatic N) is 1. The Morgan fingerprint density at radius 2 is 1.59 bits per heavy atom. The second kappa shape index (κ2) is 9.16. The van der Waals surface area contributed by atoms with Crippen molar-refractivity contribution in [2.24, 2.45) is 0 Å². The summed E-state index contributed by atoms with van der Waals surface area (Å²) in [7, 11) is 3.09. The Kier molecular flexibility index (Phi) is 6.14. The molecule has 4 rings (SSSR count). The maximum absolute atomic E-state index is 13.4. The number of carbonyl (C=O) groups excluding carboxylic acids is 2. The first-order chi connectivity index (χ1) is 15.5. The molecule has 1 aliphatic rings. The molecule has 0 saturated carbocycles. The van der Waals surface area contributed by atoms with Crippen molar-refractivity contribution in [1.82, 2.24) is 4.90 Å². The molecular weight excluding hydrogens is 428 g/mol. The van der Waals surface area contributed by atoms with Crippen LogP contribution in [0, 0.1) is 0 Å². The lowest BCUT2D eigenvalue weighted by molar-refractivity contribution is -0.137. The predicted molar refractivity (Wildman–Crippen MR) is 124 cm³/mol. The zero-order valence-electron chi connectivity index (χ0n) is 17.6. The number of halogens is 1. The molecule has 0 aliphatic carbocycles. The van der Waals surface area contributed by atoms with E-state index in [4.69, 9.17) is 21.1 Å². The van der Waals surface area contributed by atoms with E-state index >= 15 is 0 Å². The highest BCUT2D eigenvalue weighted by atomic mass is 35.5. The van der Waals surface area contributed by atoms with Crippen LogP contribution in [0.5, 0.6) is 11.5 Å². The molecule has 0 bridgehead atoms. The fourth-order valence-electron chi connectivity index (χ4n) is 3.53. The van der Waals surface area contributed by atoms with Crippen molar-refractivity contribution in [3.63, 3.8) is 0 Å². The minimum absolute atomic E-state index is 0.131. The lowest BCUT2D eigenvalue weighted by Crippen LogP contribution is -2.32. The van der Waals surface area contributed by atoms with Crippen LogP contribution >= 0.6 is 11.6 Å². The largest absolute Gasteiger partial charge is 0.497 e. The number of carbonyl (C=O) groups is 2. The summed E-state index contributed by atoms with van der Waals surface area (Å²) < 4.78 is 10.7. The molecule has 6 nitrogen and oxygen atoms in total. The molecule has 0 radical (unpaired) electrons. The summed E-state index contributed by atoms with van der Waals surface area (Å²) >= 11 is 5.97. The van der Waals surface area contributed by atoms with Crippen LogP contribution in [-0.4, -0.2) is 30.9 Å². The molecule has 32 heavy (non-hydrogen) atoms. The molecule has 3 aromatic carbocycles. The van der Waals surface area contributed by atoms with Gasteiger partial charge in [-0.1, -0.05) is 54.1 Å². The Morgan fingerprint density at radius 1 is 0.875 bits per heavy atom. The highest BCUT2D eigenvalue weighted by Gasteiger charge is 2.39. The van der Waals surface area contributed by atoms with E-state index < -0.39 is 5.91 Å². The Bertz CT molecular complexity index is 1190. The van der Waals surface area contributed by atoms with Crippen LogP contribution in [0.1, 0.15) is 11.1 Å². The van der Waals surface area contributed by atoms with E-state index in [1.54, 1.807) is 61.7 Å². The average Bonchev–Trinajstić information content (AvgIpc) is 3.05. The second-order valence-electron chi connectivity index (χ2n) is 7.13. The monoisotopic (exact) mass is 448 g/mol. The van der Waals surface area contributed by atoms with Gasteiger partial charge in [0.05, 0.1) is 32.0 Å². The molecule has 0 aromatic heterocycles. The number of anilines is 1. The van der Waals surface area contributed by atoms with Gasteiger partial charge in [-0.15, -0.1) is 0 Å². The standard InChI is InChI=1S/C25H21ClN2O4/c1-31-19-12-13-21(32-2)20(14-19)27-23-22(17-6-4-3-5-7-17)24(29)28(25(23)30)15-16-8-10-18(26)11-9-16/h3-14,27H,15H2,1-2H3. The number of rotatable bonds is 7. The van der Waals surface area contributed by atoms with Crippen molar-refractivity contribution < 1.29 is 19.1 Å². The molecule has 7 heteroatoms. The van der Waals surface area contributed by atoms with Gasteiger partial charge in [0.1, 0.15) is 17.2 Å². The number of imide groups is 1.